The zero-order chi connectivity index (χ0) is 18.9. The second-order valence-electron chi connectivity index (χ2n) is 6.02. The fraction of sp³-hybridized carbons (Fsp3) is 0.474. The molecule has 0 spiro atoms. The number of aryl methyl sites for hydroxylation is 2. The molecule has 1 amide bonds. The van der Waals surface area contributed by atoms with Gasteiger partial charge in [0, 0.05) is 25.3 Å². The molecule has 26 heavy (non-hydrogen) atoms. The van der Waals surface area contributed by atoms with Gasteiger partial charge in [-0.3, -0.25) is 4.79 Å². The molecule has 2 aromatic rings. The molecule has 0 saturated heterocycles. The van der Waals surface area contributed by atoms with E-state index in [0.717, 1.165) is 17.5 Å². The smallest absolute Gasteiger partial charge is 0.269 e. The molecule has 0 aliphatic heterocycles. The predicted octanol–water partition coefficient (Wildman–Crippen LogP) is 2.75. The average Bonchev–Trinajstić information content (AvgIpc) is 2.95. The number of nitrogens with zero attached hydrogens (tertiary/aromatic N) is 1. The summed E-state index contributed by atoms with van der Waals surface area (Å²) in [6.07, 6.45) is 0.745. The van der Waals surface area contributed by atoms with Crippen molar-refractivity contribution in [3.8, 4) is 11.5 Å². The largest absolute Gasteiger partial charge is 0.616 e. The van der Waals surface area contributed by atoms with Gasteiger partial charge in [-0.05, 0) is 50.5 Å². The highest BCUT2D eigenvalue weighted by atomic mass is 32.2. The number of oxazole rings is 1. The first-order valence-electron chi connectivity index (χ1n) is 8.72. The third-order valence-corrected chi connectivity index (χ3v) is 4.92. The van der Waals surface area contributed by atoms with Gasteiger partial charge in [0.2, 0.25) is 5.89 Å². The number of ether oxygens (including phenoxy) is 1. The van der Waals surface area contributed by atoms with Crippen molar-refractivity contribution in [1.29, 1.82) is 0 Å². The number of nitrogens with one attached hydrogen (secondary N) is 1. The van der Waals surface area contributed by atoms with Crippen LogP contribution in [-0.2, 0) is 26.5 Å². The minimum absolute atomic E-state index is 0.0410. The topological polar surface area (TPSA) is 87.4 Å². The van der Waals surface area contributed by atoms with E-state index in [1.165, 1.54) is 0 Å². The minimum atomic E-state index is -1.33. The number of aromatic nitrogens is 1. The monoisotopic (exact) mass is 378 g/mol. The van der Waals surface area contributed by atoms with Crippen LogP contribution in [0.1, 0.15) is 30.4 Å². The Labute approximate surface area is 157 Å². The first kappa shape index (κ1) is 20.5. The summed E-state index contributed by atoms with van der Waals surface area (Å²) in [5.41, 5.74) is 2.63. The first-order chi connectivity index (χ1) is 12.5. The summed E-state index contributed by atoms with van der Waals surface area (Å²) in [5.74, 6) is 1.08. The SMILES string of the molecule is CCOCCCNC(=O)C[S+]([O-])Cc1nc(-c2cccc(C)c2)oc1C. The van der Waals surface area contributed by atoms with Gasteiger partial charge in [0.25, 0.3) is 5.91 Å². The lowest BCUT2D eigenvalue weighted by Crippen LogP contribution is -2.32. The van der Waals surface area contributed by atoms with E-state index in [1.54, 1.807) is 6.92 Å². The van der Waals surface area contributed by atoms with Crippen molar-refractivity contribution in [2.75, 3.05) is 25.5 Å². The summed E-state index contributed by atoms with van der Waals surface area (Å²) < 4.78 is 23.2. The van der Waals surface area contributed by atoms with Crippen LogP contribution in [0.25, 0.3) is 11.5 Å². The number of rotatable bonds is 10. The fourth-order valence-electron chi connectivity index (χ4n) is 2.41. The third-order valence-electron chi connectivity index (χ3n) is 3.74. The van der Waals surface area contributed by atoms with Gasteiger partial charge in [-0.25, -0.2) is 4.98 Å². The van der Waals surface area contributed by atoms with Gasteiger partial charge >= 0.3 is 0 Å². The Bertz CT molecular complexity index is 717. The van der Waals surface area contributed by atoms with Crippen LogP contribution in [0, 0.1) is 13.8 Å². The highest BCUT2D eigenvalue weighted by Gasteiger charge is 2.19. The van der Waals surface area contributed by atoms with Crippen molar-refractivity contribution in [2.45, 2.75) is 32.9 Å². The second kappa shape index (κ2) is 10.4. The summed E-state index contributed by atoms with van der Waals surface area (Å²) in [6.45, 7) is 7.53. The van der Waals surface area contributed by atoms with Gasteiger partial charge in [-0.15, -0.1) is 0 Å². The molecule has 0 saturated carbocycles. The van der Waals surface area contributed by atoms with Crippen molar-refractivity contribution in [1.82, 2.24) is 10.3 Å². The number of amides is 1. The Balaban J connectivity index is 1.85. The van der Waals surface area contributed by atoms with E-state index in [0.29, 0.717) is 37.1 Å². The molecule has 6 nitrogen and oxygen atoms in total. The number of carbonyl (C=O) groups excluding carboxylic acids is 1. The molecule has 142 valence electrons. The van der Waals surface area contributed by atoms with Gasteiger partial charge in [0.15, 0.2) is 11.5 Å². The average molecular weight is 378 g/mol. The van der Waals surface area contributed by atoms with Crippen molar-refractivity contribution >= 4 is 17.1 Å². The lowest BCUT2D eigenvalue weighted by molar-refractivity contribution is -0.118. The van der Waals surface area contributed by atoms with Gasteiger partial charge in [0.05, 0.1) is 0 Å². The summed E-state index contributed by atoms with van der Waals surface area (Å²) in [7, 11) is 0. The quantitative estimate of drug-likeness (QED) is 0.507. The molecule has 1 heterocycles. The third kappa shape index (κ3) is 6.48. The molecule has 1 atom stereocenters. The van der Waals surface area contributed by atoms with Gasteiger partial charge < -0.3 is 19.0 Å². The van der Waals surface area contributed by atoms with E-state index in [2.05, 4.69) is 10.3 Å². The molecule has 1 aromatic heterocycles. The Morgan fingerprint density at radius 1 is 1.38 bits per heavy atom. The molecule has 0 bridgehead atoms. The van der Waals surface area contributed by atoms with E-state index in [4.69, 9.17) is 9.15 Å². The van der Waals surface area contributed by atoms with Gasteiger partial charge in [-0.2, -0.15) is 0 Å². The first-order valence-corrected chi connectivity index (χ1v) is 10.2. The van der Waals surface area contributed by atoms with Crippen molar-refractivity contribution in [3.05, 3.63) is 41.3 Å². The maximum absolute atomic E-state index is 12.3. The van der Waals surface area contributed by atoms with Crippen LogP contribution in [0.2, 0.25) is 0 Å². The molecule has 1 aromatic carbocycles. The van der Waals surface area contributed by atoms with E-state index in [9.17, 15) is 9.35 Å². The summed E-state index contributed by atoms with van der Waals surface area (Å²) in [6, 6.07) is 7.86. The normalized spacial score (nSPS) is 12.2. The molecule has 0 radical (unpaired) electrons. The van der Waals surface area contributed by atoms with Crippen molar-refractivity contribution in [2.24, 2.45) is 0 Å². The number of hydrogen-bond acceptors (Lipinski definition) is 5. The zero-order valence-electron chi connectivity index (χ0n) is 15.5. The van der Waals surface area contributed by atoms with Crippen molar-refractivity contribution < 1.29 is 18.5 Å². The van der Waals surface area contributed by atoms with E-state index in [1.807, 2.05) is 38.1 Å². The fourth-order valence-corrected chi connectivity index (χ4v) is 3.48. The highest BCUT2D eigenvalue weighted by Crippen LogP contribution is 2.23. The lowest BCUT2D eigenvalue weighted by atomic mass is 10.1. The van der Waals surface area contributed by atoms with Crippen LogP contribution < -0.4 is 5.32 Å². The van der Waals surface area contributed by atoms with Crippen LogP contribution in [0.5, 0.6) is 0 Å². The molecular formula is C19H26N2O4S. The molecule has 1 unspecified atom stereocenters. The second-order valence-corrected chi connectivity index (χ2v) is 7.48. The highest BCUT2D eigenvalue weighted by molar-refractivity contribution is 7.91. The number of carbonyl (C=O) groups is 1. The van der Waals surface area contributed by atoms with E-state index >= 15 is 0 Å². The van der Waals surface area contributed by atoms with E-state index < -0.39 is 11.2 Å². The number of benzene rings is 1. The van der Waals surface area contributed by atoms with Crippen molar-refractivity contribution in [3.63, 3.8) is 0 Å². The summed E-state index contributed by atoms with van der Waals surface area (Å²) >= 11 is -1.33. The van der Waals surface area contributed by atoms with Crippen LogP contribution in [0.15, 0.2) is 28.7 Å². The molecule has 7 heteroatoms. The molecule has 0 fully saturated rings. The van der Waals surface area contributed by atoms with Crippen LogP contribution in [-0.4, -0.2) is 41.0 Å². The standard InChI is InChI=1S/C19H26N2O4S/c1-4-24-10-6-9-20-18(22)13-26(23)12-17-15(3)25-19(21-17)16-8-5-7-14(2)11-16/h5,7-8,11H,4,6,9-10,12-13H2,1-3H3,(H,20,22). The Hall–Kier alpha value is -1.83. The predicted molar refractivity (Wildman–Crippen MR) is 102 cm³/mol. The van der Waals surface area contributed by atoms with Crippen LogP contribution in [0.3, 0.4) is 0 Å². The molecule has 0 aliphatic carbocycles. The Morgan fingerprint density at radius 2 is 2.19 bits per heavy atom. The molecule has 1 N–H and O–H groups in total. The summed E-state index contributed by atoms with van der Waals surface area (Å²) in [4.78, 5) is 16.3. The molecular weight excluding hydrogens is 352 g/mol. The van der Waals surface area contributed by atoms with Crippen LogP contribution >= 0.6 is 0 Å². The van der Waals surface area contributed by atoms with Crippen LogP contribution in [0.4, 0.5) is 0 Å². The van der Waals surface area contributed by atoms with E-state index in [-0.39, 0.29) is 17.4 Å². The summed E-state index contributed by atoms with van der Waals surface area (Å²) in [5, 5.41) is 2.75. The minimum Gasteiger partial charge on any atom is -0.616 e. The molecule has 2 rings (SSSR count). The Kier molecular flexibility index (Phi) is 8.15. The zero-order valence-corrected chi connectivity index (χ0v) is 16.4. The van der Waals surface area contributed by atoms with Gasteiger partial charge in [0.1, 0.15) is 11.5 Å². The Morgan fingerprint density at radius 3 is 2.92 bits per heavy atom. The maximum atomic E-state index is 12.3. The molecule has 0 aliphatic rings. The van der Waals surface area contributed by atoms with Gasteiger partial charge in [-0.1, -0.05) is 17.7 Å². The number of hydrogen-bond donors (Lipinski definition) is 1. The maximum Gasteiger partial charge on any atom is 0.269 e. The lowest BCUT2D eigenvalue weighted by Gasteiger charge is -2.10.